The van der Waals surface area contributed by atoms with Gasteiger partial charge in [-0.15, -0.1) is 0 Å². The van der Waals surface area contributed by atoms with Crippen molar-refractivity contribution in [3.63, 3.8) is 0 Å². The minimum Gasteiger partial charge on any atom is -0.394 e. The molecule has 16 atom stereocenters. The van der Waals surface area contributed by atoms with Crippen LogP contribution in [0.1, 0.15) is 12.8 Å². The van der Waals surface area contributed by atoms with E-state index in [9.17, 15) is 45.6 Å². The van der Waals surface area contributed by atoms with E-state index in [2.05, 4.69) is 5.32 Å². The summed E-state index contributed by atoms with van der Waals surface area (Å²) in [7, 11) is 0. The van der Waals surface area contributed by atoms with Gasteiger partial charge >= 0.3 is 0 Å². The average Bonchev–Trinajstić information content (AvgIpc) is 2.92. The number of aliphatic hydroxyl groups excluding tert-OH is 8. The van der Waals surface area contributed by atoms with E-state index in [4.69, 9.17) is 41.9 Å². The van der Waals surface area contributed by atoms with Crippen molar-refractivity contribution in [3.8, 4) is 0 Å². The van der Waals surface area contributed by atoms with Crippen LogP contribution in [0.3, 0.4) is 0 Å². The zero-order valence-corrected chi connectivity index (χ0v) is 21.7. The highest BCUT2D eigenvalue weighted by Crippen LogP contribution is 2.31. The Morgan fingerprint density at radius 2 is 1.38 bits per heavy atom. The number of amides is 1. The molecule has 17 N–H and O–H groups in total. The van der Waals surface area contributed by atoms with Crippen LogP contribution >= 0.6 is 0 Å². The lowest BCUT2D eigenvalue weighted by Crippen LogP contribution is -2.69. The Kier molecular flexibility index (Phi) is 11.9. The molecule has 3 aliphatic rings. The lowest BCUT2D eigenvalue weighted by atomic mass is 9.84. The first kappa shape index (κ1) is 33.3. The smallest absolute Gasteiger partial charge is 0.249 e. The molecule has 0 aromatic rings. The molecule has 4 unspecified atom stereocenters. The number of aliphatic hydroxyl groups is 8. The van der Waals surface area contributed by atoms with Gasteiger partial charge in [-0.1, -0.05) is 0 Å². The highest BCUT2D eigenvalue weighted by atomic mass is 16.7. The number of ether oxygens (including phenoxy) is 4. The molecule has 0 aromatic carbocycles. The van der Waals surface area contributed by atoms with Crippen LogP contribution in [0.25, 0.3) is 0 Å². The van der Waals surface area contributed by atoms with Crippen LogP contribution in [0.2, 0.25) is 0 Å². The molecule has 0 bridgehead atoms. The number of carbonyl (C=O) groups is 1. The summed E-state index contributed by atoms with van der Waals surface area (Å²) in [4.78, 5) is 12.3. The third kappa shape index (κ3) is 7.06. The molecule has 0 radical (unpaired) electrons. The van der Waals surface area contributed by atoms with Crippen LogP contribution in [0.4, 0.5) is 0 Å². The normalized spacial score (nSPS) is 47.0. The van der Waals surface area contributed by atoms with Gasteiger partial charge in [-0.2, -0.15) is 0 Å². The van der Waals surface area contributed by atoms with Gasteiger partial charge in [-0.05, 0) is 19.4 Å². The number of carbonyl (C=O) groups excluding carboxylic acids is 1. The molecule has 1 aliphatic carbocycles. The number of nitrogens with one attached hydrogen (secondary N) is 1. The van der Waals surface area contributed by atoms with E-state index in [1.54, 1.807) is 0 Å². The topological polar surface area (TPSA) is 332 Å². The second kappa shape index (κ2) is 14.3. The first-order valence-electron chi connectivity index (χ1n) is 13.1. The van der Waals surface area contributed by atoms with Crippen LogP contribution < -0.4 is 28.3 Å². The maximum atomic E-state index is 12.3. The predicted octanol–water partition coefficient (Wildman–Crippen LogP) is -8.42. The van der Waals surface area contributed by atoms with Crippen molar-refractivity contribution in [2.45, 2.75) is 111 Å². The monoisotopic (exact) mass is 585 g/mol. The Balaban J connectivity index is 1.75. The predicted molar refractivity (Wildman–Crippen MR) is 131 cm³/mol. The first-order valence-corrected chi connectivity index (χ1v) is 13.1. The molecule has 3 fully saturated rings. The summed E-state index contributed by atoms with van der Waals surface area (Å²) in [5.41, 5.74) is 23.2. The summed E-state index contributed by atoms with van der Waals surface area (Å²) in [6.45, 7) is -0.957. The second-order valence-electron chi connectivity index (χ2n) is 10.3. The molecule has 0 aromatic heterocycles. The van der Waals surface area contributed by atoms with Crippen molar-refractivity contribution in [3.05, 3.63) is 0 Å². The van der Waals surface area contributed by atoms with Gasteiger partial charge in [0.25, 0.3) is 0 Å². The van der Waals surface area contributed by atoms with Crippen LogP contribution in [0.15, 0.2) is 0 Å². The quantitative estimate of drug-likeness (QED) is 0.113. The van der Waals surface area contributed by atoms with Crippen molar-refractivity contribution >= 4 is 5.91 Å². The molecule has 18 heteroatoms. The maximum Gasteiger partial charge on any atom is 0.249 e. The van der Waals surface area contributed by atoms with E-state index in [1.165, 1.54) is 0 Å². The summed E-state index contributed by atoms with van der Waals surface area (Å²) in [5.74, 6) is -0.936. The van der Waals surface area contributed by atoms with Gasteiger partial charge in [0.15, 0.2) is 12.6 Å². The molecule has 234 valence electrons. The van der Waals surface area contributed by atoms with E-state index in [1.807, 2.05) is 0 Å². The molecule has 3 rings (SSSR count). The maximum absolute atomic E-state index is 12.3. The van der Waals surface area contributed by atoms with Gasteiger partial charge in [0.05, 0.1) is 12.6 Å². The lowest BCUT2D eigenvalue weighted by Gasteiger charge is -2.48. The van der Waals surface area contributed by atoms with E-state index >= 15 is 0 Å². The molecule has 1 saturated carbocycles. The van der Waals surface area contributed by atoms with E-state index < -0.39 is 110 Å². The van der Waals surface area contributed by atoms with Gasteiger partial charge in [-0.25, -0.2) is 0 Å². The highest BCUT2D eigenvalue weighted by molar-refractivity contribution is 5.80. The Morgan fingerprint density at radius 1 is 0.825 bits per heavy atom. The standard InChI is InChI=1S/C22H43N5O13/c23-2-1-8(29)20(36)27-11-12(30)10(5-28)38-21(14(11)32)39-18-6(25)3-7(26)19(17(18)35)40-22-16(34)15(33)13(31)9(4-24)37-22/h6-19,21-22,28-35H,1-5,23-26H2,(H,27,36)/t6-,7+,8+,9?,10?,11-,12-,13-,14?,15-,16?,17-,18+,19-,21-,22+/m1/s1. The molecular weight excluding hydrogens is 542 g/mol. The lowest BCUT2D eigenvalue weighted by molar-refractivity contribution is -0.332. The Morgan fingerprint density at radius 3 is 1.90 bits per heavy atom. The van der Waals surface area contributed by atoms with Crippen LogP contribution in [-0.4, -0.2) is 164 Å². The Bertz CT molecular complexity index is 817. The van der Waals surface area contributed by atoms with Crippen molar-refractivity contribution < 1.29 is 64.6 Å². The highest BCUT2D eigenvalue weighted by Gasteiger charge is 2.52. The summed E-state index contributed by atoms with van der Waals surface area (Å²) in [6.07, 6.45) is -19.7. The van der Waals surface area contributed by atoms with E-state index in [-0.39, 0.29) is 25.9 Å². The SMILES string of the molecule is NCC[C@H](O)C(=O)N[C@H]1C(O)[C@@H](O[C@@H]2[C@@H](O)[C@H](O[C@@H]3OC(CN)[C@@H](O)[C@@H](O)C3O)[C@@H](N)C[C@H]2N)OC(CO)[C@H]1O. The molecule has 40 heavy (non-hydrogen) atoms. The van der Waals surface area contributed by atoms with Crippen LogP contribution in [0.5, 0.6) is 0 Å². The number of nitrogens with two attached hydrogens (primary N) is 4. The molecule has 18 nitrogen and oxygen atoms in total. The summed E-state index contributed by atoms with van der Waals surface area (Å²) in [5, 5.41) is 85.0. The number of rotatable bonds is 10. The van der Waals surface area contributed by atoms with Gasteiger partial charge in [0, 0.05) is 18.6 Å². The molecule has 2 aliphatic heterocycles. The zero-order valence-electron chi connectivity index (χ0n) is 21.7. The molecular formula is C22H43N5O13. The summed E-state index contributed by atoms with van der Waals surface area (Å²) in [6, 6.07) is -3.32. The van der Waals surface area contributed by atoms with Crippen molar-refractivity contribution in [1.29, 1.82) is 0 Å². The van der Waals surface area contributed by atoms with Gasteiger partial charge in [-0.3, -0.25) is 4.79 Å². The van der Waals surface area contributed by atoms with Gasteiger partial charge in [0.1, 0.15) is 67.1 Å². The van der Waals surface area contributed by atoms with Crippen LogP contribution in [-0.2, 0) is 23.7 Å². The minimum atomic E-state index is -1.76. The van der Waals surface area contributed by atoms with Gasteiger partial charge in [0.2, 0.25) is 5.91 Å². The van der Waals surface area contributed by atoms with Gasteiger partial charge < -0.3 is 88.1 Å². The molecule has 2 saturated heterocycles. The third-order valence-corrected chi connectivity index (χ3v) is 7.48. The Labute approximate surface area is 229 Å². The largest absolute Gasteiger partial charge is 0.394 e. The number of hydrogen-bond donors (Lipinski definition) is 13. The number of hydrogen-bond acceptors (Lipinski definition) is 17. The third-order valence-electron chi connectivity index (χ3n) is 7.48. The average molecular weight is 586 g/mol. The summed E-state index contributed by atoms with van der Waals surface area (Å²) >= 11 is 0. The fourth-order valence-electron chi connectivity index (χ4n) is 5.09. The van der Waals surface area contributed by atoms with E-state index in [0.717, 1.165) is 0 Å². The first-order chi connectivity index (χ1) is 18.9. The fraction of sp³-hybridized carbons (Fsp3) is 0.955. The fourth-order valence-corrected chi connectivity index (χ4v) is 5.09. The van der Waals surface area contributed by atoms with Crippen molar-refractivity contribution in [2.24, 2.45) is 22.9 Å². The molecule has 0 spiro atoms. The summed E-state index contributed by atoms with van der Waals surface area (Å²) < 4.78 is 22.4. The minimum absolute atomic E-state index is 0.00101. The van der Waals surface area contributed by atoms with Crippen LogP contribution in [0, 0.1) is 0 Å². The van der Waals surface area contributed by atoms with Crippen molar-refractivity contribution in [2.75, 3.05) is 19.7 Å². The zero-order chi connectivity index (χ0) is 29.9. The molecule has 1 amide bonds. The Hall–Kier alpha value is -1.17. The second-order valence-corrected chi connectivity index (χ2v) is 10.3. The van der Waals surface area contributed by atoms with Crippen molar-refractivity contribution in [1.82, 2.24) is 5.32 Å². The molecule has 2 heterocycles. The van der Waals surface area contributed by atoms with E-state index in [0.29, 0.717) is 0 Å².